The van der Waals surface area contributed by atoms with Gasteiger partial charge in [0.05, 0.1) is 0 Å². The van der Waals surface area contributed by atoms with Crippen LogP contribution in [0.15, 0.2) is 20.0 Å². The fourth-order valence-corrected chi connectivity index (χ4v) is 4.62. The van der Waals surface area contributed by atoms with E-state index in [4.69, 9.17) is 9.52 Å². The molecule has 1 saturated heterocycles. The predicted octanol–water partition coefficient (Wildman–Crippen LogP) is 1.54. The summed E-state index contributed by atoms with van der Waals surface area (Å²) in [5.41, 5.74) is 0. The predicted molar refractivity (Wildman–Crippen MR) is 82.4 cm³/mol. The molecule has 6 nitrogen and oxygen atoms in total. The number of furan rings is 1. The molecule has 1 aromatic rings. The molecule has 1 fully saturated rings. The Balaban J connectivity index is 1.92. The maximum absolute atomic E-state index is 12.2. The molecule has 1 atom stereocenters. The first-order chi connectivity index (χ1) is 9.92. The molecule has 1 aromatic heterocycles. The van der Waals surface area contributed by atoms with Gasteiger partial charge in [-0.05, 0) is 47.8 Å². The minimum absolute atomic E-state index is 0.0277. The zero-order valence-electron chi connectivity index (χ0n) is 12.0. The van der Waals surface area contributed by atoms with Gasteiger partial charge in [0.1, 0.15) is 17.3 Å². The van der Waals surface area contributed by atoms with Crippen molar-refractivity contribution in [2.24, 2.45) is 5.92 Å². The molecule has 8 heteroatoms. The summed E-state index contributed by atoms with van der Waals surface area (Å²) in [6, 6.07) is 1.33. The topological polar surface area (TPSA) is 82.8 Å². The molecule has 0 aliphatic carbocycles. The fourth-order valence-electron chi connectivity index (χ4n) is 2.46. The van der Waals surface area contributed by atoms with Gasteiger partial charge in [0.2, 0.25) is 10.0 Å². The number of halogens is 1. The van der Waals surface area contributed by atoms with E-state index < -0.39 is 10.0 Å². The van der Waals surface area contributed by atoms with E-state index in [0.29, 0.717) is 6.54 Å². The van der Waals surface area contributed by atoms with Crippen molar-refractivity contribution < 1.29 is 17.9 Å². The number of likely N-dealkylation sites (tertiary alicyclic amines) is 1. The molecule has 2 heterocycles. The zero-order valence-corrected chi connectivity index (χ0v) is 14.4. The van der Waals surface area contributed by atoms with Crippen molar-refractivity contribution in [3.63, 3.8) is 0 Å². The molecule has 1 unspecified atom stereocenters. The van der Waals surface area contributed by atoms with E-state index in [0.717, 1.165) is 19.6 Å². The number of aliphatic hydroxyl groups is 1. The quantitative estimate of drug-likeness (QED) is 0.749. The van der Waals surface area contributed by atoms with Gasteiger partial charge in [0.25, 0.3) is 0 Å². The van der Waals surface area contributed by atoms with E-state index in [-0.39, 0.29) is 27.9 Å². The first-order valence-electron chi connectivity index (χ1n) is 7.03. The number of rotatable bonds is 7. The highest BCUT2D eigenvalue weighted by molar-refractivity contribution is 9.10. The Bertz CT molecular complexity index is 567. The van der Waals surface area contributed by atoms with Crippen molar-refractivity contribution in [1.82, 2.24) is 9.62 Å². The van der Waals surface area contributed by atoms with Crippen LogP contribution in [0.5, 0.6) is 0 Å². The lowest BCUT2D eigenvalue weighted by molar-refractivity contribution is 0.245. The first kappa shape index (κ1) is 17.0. The molecule has 2 rings (SSSR count). The van der Waals surface area contributed by atoms with Gasteiger partial charge in [-0.25, -0.2) is 13.1 Å². The van der Waals surface area contributed by atoms with Crippen LogP contribution in [0.4, 0.5) is 0 Å². The number of nitrogens with one attached hydrogen (secondary N) is 1. The van der Waals surface area contributed by atoms with E-state index in [1.807, 2.05) is 6.92 Å². The molecule has 0 saturated carbocycles. The van der Waals surface area contributed by atoms with Crippen LogP contribution in [0, 0.1) is 5.92 Å². The van der Waals surface area contributed by atoms with Gasteiger partial charge in [-0.2, -0.15) is 0 Å². The van der Waals surface area contributed by atoms with E-state index >= 15 is 0 Å². The number of sulfonamides is 1. The minimum atomic E-state index is -3.63. The Kier molecular flexibility index (Phi) is 5.84. The molecule has 0 amide bonds. The van der Waals surface area contributed by atoms with Gasteiger partial charge in [0, 0.05) is 19.2 Å². The van der Waals surface area contributed by atoms with Crippen LogP contribution in [-0.2, 0) is 16.6 Å². The second-order valence-corrected chi connectivity index (χ2v) is 7.93. The number of nitrogens with zero attached hydrogens (tertiary/aromatic N) is 1. The van der Waals surface area contributed by atoms with Gasteiger partial charge in [-0.15, -0.1) is 0 Å². The Labute approximate surface area is 133 Å². The zero-order chi connectivity index (χ0) is 15.5. The molecule has 2 N–H and O–H groups in total. The van der Waals surface area contributed by atoms with Gasteiger partial charge < -0.3 is 14.4 Å². The summed E-state index contributed by atoms with van der Waals surface area (Å²) in [4.78, 5) is 2.39. The second-order valence-electron chi connectivity index (χ2n) is 5.47. The monoisotopic (exact) mass is 380 g/mol. The summed E-state index contributed by atoms with van der Waals surface area (Å²) in [6.45, 7) is 5.18. The van der Waals surface area contributed by atoms with Gasteiger partial charge in [-0.1, -0.05) is 6.92 Å². The maximum Gasteiger partial charge on any atom is 0.244 e. The largest absolute Gasteiger partial charge is 0.450 e. The highest BCUT2D eigenvalue weighted by Gasteiger charge is 2.23. The Hall–Kier alpha value is -0.410. The van der Waals surface area contributed by atoms with Crippen LogP contribution < -0.4 is 4.72 Å². The lowest BCUT2D eigenvalue weighted by atomic mass is 10.2. The molecule has 1 aliphatic heterocycles. The SMILES string of the molecule is CC(CNS(=O)(=O)c1cc(CO)oc1Br)CN1CCCC1. The molecule has 0 bridgehead atoms. The van der Waals surface area contributed by atoms with Crippen LogP contribution in [0.2, 0.25) is 0 Å². The normalized spacial score (nSPS) is 18.2. The molecule has 0 spiro atoms. The first-order valence-corrected chi connectivity index (χ1v) is 9.31. The summed E-state index contributed by atoms with van der Waals surface area (Å²) < 4.78 is 32.3. The fraction of sp³-hybridized carbons (Fsp3) is 0.692. The number of aliphatic hydroxyl groups excluding tert-OH is 1. The molecule has 0 radical (unpaired) electrons. The van der Waals surface area contributed by atoms with Crippen molar-refractivity contribution in [2.45, 2.75) is 31.3 Å². The summed E-state index contributed by atoms with van der Waals surface area (Å²) in [7, 11) is -3.63. The molecule has 1 aliphatic rings. The smallest absolute Gasteiger partial charge is 0.244 e. The van der Waals surface area contributed by atoms with Gasteiger partial charge in [-0.3, -0.25) is 0 Å². The Morgan fingerprint density at radius 2 is 2.14 bits per heavy atom. The number of hydrogen-bond donors (Lipinski definition) is 2. The standard InChI is InChI=1S/C13H21BrN2O4S/c1-10(8-16-4-2-3-5-16)7-15-21(18,19)12-6-11(9-17)20-13(12)14/h6,10,15,17H,2-5,7-9H2,1H3. The average molecular weight is 381 g/mol. The van der Waals surface area contributed by atoms with Crippen molar-refractivity contribution in [3.8, 4) is 0 Å². The third-order valence-corrected chi connectivity index (χ3v) is 5.82. The third kappa shape index (κ3) is 4.53. The molecular weight excluding hydrogens is 360 g/mol. The van der Waals surface area contributed by atoms with Crippen molar-refractivity contribution in [1.29, 1.82) is 0 Å². The summed E-state index contributed by atoms with van der Waals surface area (Å²) in [6.07, 6.45) is 2.45. The minimum Gasteiger partial charge on any atom is -0.450 e. The highest BCUT2D eigenvalue weighted by Crippen LogP contribution is 2.26. The van der Waals surface area contributed by atoms with Crippen LogP contribution in [0.3, 0.4) is 0 Å². The second kappa shape index (κ2) is 7.23. The third-order valence-electron chi connectivity index (χ3n) is 3.54. The van der Waals surface area contributed by atoms with E-state index in [9.17, 15) is 8.42 Å². The molecular formula is C13H21BrN2O4S. The van der Waals surface area contributed by atoms with Crippen LogP contribution in [-0.4, -0.2) is 44.6 Å². The molecule has 120 valence electrons. The van der Waals surface area contributed by atoms with Gasteiger partial charge >= 0.3 is 0 Å². The van der Waals surface area contributed by atoms with Crippen LogP contribution in [0.1, 0.15) is 25.5 Å². The average Bonchev–Trinajstić information content (AvgIpc) is 3.06. The highest BCUT2D eigenvalue weighted by atomic mass is 79.9. The molecule has 21 heavy (non-hydrogen) atoms. The van der Waals surface area contributed by atoms with Crippen molar-refractivity contribution in [2.75, 3.05) is 26.2 Å². The van der Waals surface area contributed by atoms with Gasteiger partial charge in [0.15, 0.2) is 4.67 Å². The summed E-state index contributed by atoms with van der Waals surface area (Å²) in [5, 5.41) is 8.98. The van der Waals surface area contributed by atoms with E-state index in [1.165, 1.54) is 18.9 Å². The maximum atomic E-state index is 12.2. The van der Waals surface area contributed by atoms with E-state index in [2.05, 4.69) is 25.6 Å². The molecule has 0 aromatic carbocycles. The van der Waals surface area contributed by atoms with Crippen LogP contribution >= 0.6 is 15.9 Å². The van der Waals surface area contributed by atoms with Crippen molar-refractivity contribution in [3.05, 3.63) is 16.5 Å². The Morgan fingerprint density at radius 3 is 2.71 bits per heavy atom. The summed E-state index contributed by atoms with van der Waals surface area (Å²) in [5.74, 6) is 0.452. The Morgan fingerprint density at radius 1 is 1.48 bits per heavy atom. The summed E-state index contributed by atoms with van der Waals surface area (Å²) >= 11 is 3.07. The number of hydrogen-bond acceptors (Lipinski definition) is 5. The lowest BCUT2D eigenvalue weighted by Crippen LogP contribution is -2.34. The van der Waals surface area contributed by atoms with Crippen LogP contribution in [0.25, 0.3) is 0 Å². The van der Waals surface area contributed by atoms with Crippen molar-refractivity contribution >= 4 is 26.0 Å². The van der Waals surface area contributed by atoms with E-state index in [1.54, 1.807) is 0 Å². The lowest BCUT2D eigenvalue weighted by Gasteiger charge is -2.20.